The molecule has 2 N–H and O–H groups in total. The summed E-state index contributed by atoms with van der Waals surface area (Å²) in [5, 5.41) is 6.12. The highest BCUT2D eigenvalue weighted by atomic mass is 32.2. The first kappa shape index (κ1) is 15.5. The van der Waals surface area contributed by atoms with Crippen LogP contribution < -0.4 is 10.6 Å². The van der Waals surface area contributed by atoms with Gasteiger partial charge >= 0.3 is 0 Å². The minimum absolute atomic E-state index is 0.00112. The lowest BCUT2D eigenvalue weighted by atomic mass is 10.1. The van der Waals surface area contributed by atoms with Crippen LogP contribution in [0.4, 0.5) is 0 Å². The van der Waals surface area contributed by atoms with Gasteiger partial charge in [-0.2, -0.15) is 0 Å². The number of hydrogen-bond acceptors (Lipinski definition) is 5. The molecule has 1 unspecified atom stereocenters. The molecule has 2 heterocycles. The normalized spacial score (nSPS) is 20.4. The van der Waals surface area contributed by atoms with Crippen LogP contribution in [0.3, 0.4) is 0 Å². The molecule has 1 aromatic heterocycles. The Balaban J connectivity index is 1.88. The maximum atomic E-state index is 12.0. The molecule has 5 nitrogen and oxygen atoms in total. The van der Waals surface area contributed by atoms with Crippen molar-refractivity contribution >= 4 is 27.1 Å². The summed E-state index contributed by atoms with van der Waals surface area (Å²) in [5.41, 5.74) is 0. The first-order chi connectivity index (χ1) is 9.47. The largest absolute Gasteiger partial charge is 0.350 e. The number of rotatable bonds is 4. The third-order valence-electron chi connectivity index (χ3n) is 3.32. The van der Waals surface area contributed by atoms with Gasteiger partial charge < -0.3 is 10.6 Å². The predicted octanol–water partition coefficient (Wildman–Crippen LogP) is 1.30. The summed E-state index contributed by atoms with van der Waals surface area (Å²) < 4.78 is 23.1. The van der Waals surface area contributed by atoms with Gasteiger partial charge in [-0.25, -0.2) is 8.42 Å². The van der Waals surface area contributed by atoms with Crippen LogP contribution in [0, 0.1) is 0 Å². The summed E-state index contributed by atoms with van der Waals surface area (Å²) in [6, 6.07) is 3.22. The average molecular weight is 316 g/mol. The summed E-state index contributed by atoms with van der Waals surface area (Å²) in [5.74, 6) is 0.00112. The van der Waals surface area contributed by atoms with Gasteiger partial charge in [-0.05, 0) is 31.5 Å². The van der Waals surface area contributed by atoms with E-state index in [2.05, 4.69) is 10.6 Å². The minimum atomic E-state index is -3.15. The average Bonchev–Trinajstić information content (AvgIpc) is 2.70. The standard InChI is InChI=1S/C13H20N2O3S2/c1-20(17,18)12-7-6-10(19-12)9-15-13(16)11-5-3-2-4-8-14-11/h6-7,11,14H,2-5,8-9H2,1H3,(H,15,16). The molecule has 7 heteroatoms. The summed E-state index contributed by atoms with van der Waals surface area (Å²) in [7, 11) is -3.15. The molecule has 112 valence electrons. The van der Waals surface area contributed by atoms with Crippen molar-refractivity contribution in [2.75, 3.05) is 12.8 Å². The highest BCUT2D eigenvalue weighted by Crippen LogP contribution is 2.21. The topological polar surface area (TPSA) is 75.3 Å². The Bertz CT molecular complexity index is 558. The third kappa shape index (κ3) is 4.29. The lowest BCUT2D eigenvalue weighted by Crippen LogP contribution is -2.43. The number of amides is 1. The van der Waals surface area contributed by atoms with Crippen molar-refractivity contribution in [1.29, 1.82) is 0 Å². The number of thiophene rings is 1. The van der Waals surface area contributed by atoms with E-state index < -0.39 is 9.84 Å². The van der Waals surface area contributed by atoms with Gasteiger partial charge in [0.1, 0.15) is 4.21 Å². The first-order valence-corrected chi connectivity index (χ1v) is 9.47. The number of sulfone groups is 1. The smallest absolute Gasteiger partial charge is 0.237 e. The van der Waals surface area contributed by atoms with E-state index in [-0.39, 0.29) is 11.9 Å². The fourth-order valence-electron chi connectivity index (χ4n) is 2.20. The molecule has 0 spiro atoms. The maximum absolute atomic E-state index is 12.0. The molecule has 1 fully saturated rings. The van der Waals surface area contributed by atoms with Crippen LogP contribution in [0.1, 0.15) is 30.6 Å². The van der Waals surface area contributed by atoms with Gasteiger partial charge in [-0.3, -0.25) is 4.79 Å². The van der Waals surface area contributed by atoms with E-state index in [1.807, 2.05) is 0 Å². The van der Waals surface area contributed by atoms with Crippen molar-refractivity contribution in [3.63, 3.8) is 0 Å². The highest BCUT2D eigenvalue weighted by molar-refractivity contribution is 7.92. The van der Waals surface area contributed by atoms with Crippen molar-refractivity contribution in [3.05, 3.63) is 17.0 Å². The van der Waals surface area contributed by atoms with Crippen LogP contribution >= 0.6 is 11.3 Å². The molecule has 1 saturated heterocycles. The number of hydrogen-bond donors (Lipinski definition) is 2. The van der Waals surface area contributed by atoms with Crippen LogP contribution in [0.2, 0.25) is 0 Å². The Morgan fingerprint density at radius 3 is 2.90 bits per heavy atom. The zero-order chi connectivity index (χ0) is 14.6. The second kappa shape index (κ2) is 6.69. The molecule has 2 rings (SSSR count). The van der Waals surface area contributed by atoms with E-state index in [1.165, 1.54) is 24.0 Å². The van der Waals surface area contributed by atoms with Crippen molar-refractivity contribution in [3.8, 4) is 0 Å². The lowest BCUT2D eigenvalue weighted by Gasteiger charge is -2.15. The van der Waals surface area contributed by atoms with Crippen LogP contribution in [0.5, 0.6) is 0 Å². The zero-order valence-corrected chi connectivity index (χ0v) is 13.1. The fraction of sp³-hybridized carbons (Fsp3) is 0.615. The number of carbonyl (C=O) groups excluding carboxylic acids is 1. The van der Waals surface area contributed by atoms with E-state index in [0.717, 1.165) is 30.7 Å². The monoisotopic (exact) mass is 316 g/mol. The van der Waals surface area contributed by atoms with Crippen LogP contribution in [-0.2, 0) is 21.2 Å². The van der Waals surface area contributed by atoms with Gasteiger partial charge in [-0.15, -0.1) is 11.3 Å². The molecule has 1 amide bonds. The fourth-order valence-corrected chi connectivity index (χ4v) is 4.12. The maximum Gasteiger partial charge on any atom is 0.237 e. The molecule has 1 aliphatic rings. The van der Waals surface area contributed by atoms with E-state index in [0.29, 0.717) is 10.8 Å². The van der Waals surface area contributed by atoms with Gasteiger partial charge in [0, 0.05) is 11.1 Å². The summed E-state index contributed by atoms with van der Waals surface area (Å²) in [6.45, 7) is 1.27. The molecular weight excluding hydrogens is 296 g/mol. The van der Waals surface area contributed by atoms with Gasteiger partial charge in [0.15, 0.2) is 9.84 Å². The SMILES string of the molecule is CS(=O)(=O)c1ccc(CNC(=O)C2CCCCCN2)s1. The molecule has 1 aromatic rings. The zero-order valence-electron chi connectivity index (χ0n) is 11.5. The summed E-state index contributed by atoms with van der Waals surface area (Å²) in [4.78, 5) is 12.9. The molecule has 0 aliphatic carbocycles. The quantitative estimate of drug-likeness (QED) is 0.878. The van der Waals surface area contributed by atoms with Gasteiger partial charge in [0.2, 0.25) is 5.91 Å². The minimum Gasteiger partial charge on any atom is -0.350 e. The van der Waals surface area contributed by atoms with Crippen LogP contribution in [0.15, 0.2) is 16.3 Å². The van der Waals surface area contributed by atoms with E-state index in [1.54, 1.807) is 12.1 Å². The predicted molar refractivity (Wildman–Crippen MR) is 79.5 cm³/mol. The Hall–Kier alpha value is -0.920. The number of carbonyl (C=O) groups is 1. The second-order valence-electron chi connectivity index (χ2n) is 5.07. The van der Waals surface area contributed by atoms with Crippen molar-refractivity contribution in [2.45, 2.75) is 42.5 Å². The van der Waals surface area contributed by atoms with Crippen molar-refractivity contribution < 1.29 is 13.2 Å². The second-order valence-corrected chi connectivity index (χ2v) is 8.48. The van der Waals surface area contributed by atoms with Crippen molar-refractivity contribution in [2.24, 2.45) is 0 Å². The van der Waals surface area contributed by atoms with E-state index in [9.17, 15) is 13.2 Å². The molecule has 0 saturated carbocycles. The van der Waals surface area contributed by atoms with E-state index >= 15 is 0 Å². The Morgan fingerprint density at radius 1 is 1.40 bits per heavy atom. The van der Waals surface area contributed by atoms with Gasteiger partial charge in [0.05, 0.1) is 12.6 Å². The molecule has 0 radical (unpaired) electrons. The molecule has 1 aliphatic heterocycles. The lowest BCUT2D eigenvalue weighted by molar-refractivity contribution is -0.123. The Kier molecular flexibility index (Phi) is 5.17. The van der Waals surface area contributed by atoms with Gasteiger partial charge in [-0.1, -0.05) is 12.8 Å². The first-order valence-electron chi connectivity index (χ1n) is 6.77. The Labute approximate surface area is 123 Å². The Morgan fingerprint density at radius 2 is 2.20 bits per heavy atom. The molecule has 0 aromatic carbocycles. The molecule has 0 bridgehead atoms. The van der Waals surface area contributed by atoms with E-state index in [4.69, 9.17) is 0 Å². The molecule has 20 heavy (non-hydrogen) atoms. The summed E-state index contributed by atoms with van der Waals surface area (Å²) in [6.07, 6.45) is 5.41. The third-order valence-corrected chi connectivity index (χ3v) is 6.22. The van der Waals surface area contributed by atoms with Crippen molar-refractivity contribution in [1.82, 2.24) is 10.6 Å². The van der Waals surface area contributed by atoms with Crippen LogP contribution in [-0.4, -0.2) is 33.2 Å². The summed E-state index contributed by atoms with van der Waals surface area (Å²) >= 11 is 1.21. The number of nitrogens with one attached hydrogen (secondary N) is 2. The van der Waals surface area contributed by atoms with Gasteiger partial charge in [0.25, 0.3) is 0 Å². The molecular formula is C13H20N2O3S2. The van der Waals surface area contributed by atoms with Crippen LogP contribution in [0.25, 0.3) is 0 Å². The highest BCUT2D eigenvalue weighted by Gasteiger charge is 2.19. The molecule has 1 atom stereocenters.